The summed E-state index contributed by atoms with van der Waals surface area (Å²) in [6, 6.07) is 12.0. The first-order chi connectivity index (χ1) is 11.1. The van der Waals surface area contributed by atoms with Gasteiger partial charge in [-0.15, -0.1) is 0 Å². The SMILES string of the molecule is Cc1[nH]c2ccccc2c1CC(=O)N(C)[C@H](C)c1ccncc1. The Kier molecular flexibility index (Phi) is 4.15. The number of carbonyl (C=O) groups is 1. The largest absolute Gasteiger partial charge is 0.358 e. The Balaban J connectivity index is 1.82. The molecule has 0 fully saturated rings. The van der Waals surface area contributed by atoms with Gasteiger partial charge in [0.1, 0.15) is 0 Å². The molecule has 0 aliphatic carbocycles. The number of nitrogens with one attached hydrogen (secondary N) is 1. The number of fused-ring (bicyclic) bond motifs is 1. The van der Waals surface area contributed by atoms with Crippen LogP contribution in [0.3, 0.4) is 0 Å². The molecule has 23 heavy (non-hydrogen) atoms. The number of rotatable bonds is 4. The molecule has 0 spiro atoms. The Morgan fingerprint density at radius 2 is 1.91 bits per heavy atom. The second-order valence-electron chi connectivity index (χ2n) is 5.91. The molecular weight excluding hydrogens is 286 g/mol. The first kappa shape index (κ1) is 15.3. The van der Waals surface area contributed by atoms with Crippen molar-refractivity contribution >= 4 is 16.8 Å². The molecule has 0 unspecified atom stereocenters. The van der Waals surface area contributed by atoms with Crippen LogP contribution >= 0.6 is 0 Å². The Bertz CT molecular complexity index is 823. The van der Waals surface area contributed by atoms with Gasteiger partial charge in [0.05, 0.1) is 12.5 Å². The molecule has 0 radical (unpaired) electrons. The van der Waals surface area contributed by atoms with Crippen LogP contribution in [0, 0.1) is 6.92 Å². The number of nitrogens with zero attached hydrogens (tertiary/aromatic N) is 2. The van der Waals surface area contributed by atoms with E-state index in [0.717, 1.165) is 27.7 Å². The van der Waals surface area contributed by atoms with E-state index in [1.807, 2.05) is 51.2 Å². The van der Waals surface area contributed by atoms with E-state index in [1.165, 1.54) is 0 Å². The number of pyridine rings is 1. The molecule has 1 amide bonds. The lowest BCUT2D eigenvalue weighted by Gasteiger charge is -2.25. The van der Waals surface area contributed by atoms with Crippen molar-refractivity contribution in [3.8, 4) is 0 Å². The maximum absolute atomic E-state index is 12.7. The average Bonchev–Trinajstić information content (AvgIpc) is 2.90. The predicted octanol–water partition coefficient (Wildman–Crippen LogP) is 3.63. The lowest BCUT2D eigenvalue weighted by molar-refractivity contribution is -0.131. The first-order valence-corrected chi connectivity index (χ1v) is 7.79. The van der Waals surface area contributed by atoms with Crippen molar-refractivity contribution in [2.75, 3.05) is 7.05 Å². The third-order valence-electron chi connectivity index (χ3n) is 4.52. The fourth-order valence-electron chi connectivity index (χ4n) is 2.92. The zero-order valence-corrected chi connectivity index (χ0v) is 13.7. The maximum Gasteiger partial charge on any atom is 0.227 e. The Morgan fingerprint density at radius 1 is 1.22 bits per heavy atom. The first-order valence-electron chi connectivity index (χ1n) is 7.79. The van der Waals surface area contributed by atoms with Gasteiger partial charge in [0, 0.05) is 36.0 Å². The molecule has 2 aromatic heterocycles. The van der Waals surface area contributed by atoms with Gasteiger partial charge < -0.3 is 9.88 Å². The molecule has 1 N–H and O–H groups in total. The topological polar surface area (TPSA) is 49.0 Å². The van der Waals surface area contributed by atoms with Crippen LogP contribution in [-0.2, 0) is 11.2 Å². The van der Waals surface area contributed by atoms with Gasteiger partial charge in [0.2, 0.25) is 5.91 Å². The number of aryl methyl sites for hydroxylation is 1. The lowest BCUT2D eigenvalue weighted by Crippen LogP contribution is -2.31. The van der Waals surface area contributed by atoms with E-state index in [1.54, 1.807) is 17.3 Å². The number of likely N-dealkylation sites (N-methyl/N-ethyl adjacent to an activating group) is 1. The van der Waals surface area contributed by atoms with E-state index >= 15 is 0 Å². The maximum atomic E-state index is 12.7. The standard InChI is InChI=1S/C19H21N3O/c1-13-17(16-6-4-5-7-18(16)21-13)12-19(23)22(3)14(2)15-8-10-20-11-9-15/h4-11,14,21H,12H2,1-3H3/t14-/m1/s1. The summed E-state index contributed by atoms with van der Waals surface area (Å²) in [7, 11) is 1.86. The minimum atomic E-state index is 0.0241. The van der Waals surface area contributed by atoms with Crippen molar-refractivity contribution in [1.82, 2.24) is 14.9 Å². The van der Waals surface area contributed by atoms with Crippen molar-refractivity contribution in [1.29, 1.82) is 0 Å². The summed E-state index contributed by atoms with van der Waals surface area (Å²) < 4.78 is 0. The van der Waals surface area contributed by atoms with E-state index in [-0.39, 0.29) is 11.9 Å². The number of aromatic amines is 1. The Morgan fingerprint density at radius 3 is 2.65 bits per heavy atom. The molecule has 0 saturated carbocycles. The van der Waals surface area contributed by atoms with Crippen LogP contribution in [0.5, 0.6) is 0 Å². The molecule has 0 aliphatic rings. The number of aromatic nitrogens is 2. The van der Waals surface area contributed by atoms with Gasteiger partial charge >= 0.3 is 0 Å². The number of H-pyrrole nitrogens is 1. The van der Waals surface area contributed by atoms with E-state index < -0.39 is 0 Å². The summed E-state index contributed by atoms with van der Waals surface area (Å²) in [6.45, 7) is 4.06. The highest BCUT2D eigenvalue weighted by Gasteiger charge is 2.20. The van der Waals surface area contributed by atoms with Crippen LogP contribution in [0.25, 0.3) is 10.9 Å². The summed E-state index contributed by atoms with van der Waals surface area (Å²) in [6.07, 6.45) is 3.92. The molecule has 3 rings (SSSR count). The van der Waals surface area contributed by atoms with Crippen LogP contribution in [0.1, 0.15) is 29.8 Å². The van der Waals surface area contributed by atoms with E-state index in [4.69, 9.17) is 0 Å². The van der Waals surface area contributed by atoms with Crippen LogP contribution in [0.2, 0.25) is 0 Å². The molecule has 1 aromatic carbocycles. The van der Waals surface area contributed by atoms with Crippen molar-refractivity contribution in [2.45, 2.75) is 26.3 Å². The van der Waals surface area contributed by atoms with Crippen LogP contribution in [0.4, 0.5) is 0 Å². The van der Waals surface area contributed by atoms with E-state index in [0.29, 0.717) is 6.42 Å². The number of carbonyl (C=O) groups excluding carboxylic acids is 1. The van der Waals surface area contributed by atoms with Gasteiger partial charge in [-0.3, -0.25) is 9.78 Å². The fraction of sp³-hybridized carbons (Fsp3) is 0.263. The monoisotopic (exact) mass is 307 g/mol. The quantitative estimate of drug-likeness (QED) is 0.800. The van der Waals surface area contributed by atoms with E-state index in [9.17, 15) is 4.79 Å². The van der Waals surface area contributed by atoms with Crippen LogP contribution < -0.4 is 0 Å². The van der Waals surface area contributed by atoms with Crippen LogP contribution in [-0.4, -0.2) is 27.8 Å². The van der Waals surface area contributed by atoms with Gasteiger partial charge in [0.15, 0.2) is 0 Å². The molecule has 0 aliphatic heterocycles. The van der Waals surface area contributed by atoms with Gasteiger partial charge in [-0.2, -0.15) is 0 Å². The smallest absolute Gasteiger partial charge is 0.227 e. The molecule has 0 bridgehead atoms. The van der Waals surface area contributed by atoms with Crippen molar-refractivity contribution in [2.24, 2.45) is 0 Å². The van der Waals surface area contributed by atoms with Gasteiger partial charge in [-0.05, 0) is 43.2 Å². The van der Waals surface area contributed by atoms with Crippen LogP contribution in [0.15, 0.2) is 48.8 Å². The highest BCUT2D eigenvalue weighted by atomic mass is 16.2. The molecule has 118 valence electrons. The Labute approximate surface area is 136 Å². The summed E-state index contributed by atoms with van der Waals surface area (Å²) in [4.78, 5) is 21.9. The zero-order chi connectivity index (χ0) is 16.4. The fourth-order valence-corrected chi connectivity index (χ4v) is 2.92. The molecule has 4 heteroatoms. The molecule has 0 saturated heterocycles. The number of hydrogen-bond acceptors (Lipinski definition) is 2. The summed E-state index contributed by atoms with van der Waals surface area (Å²) in [5.41, 5.74) is 4.31. The highest BCUT2D eigenvalue weighted by Crippen LogP contribution is 2.24. The van der Waals surface area contributed by atoms with Crippen molar-refractivity contribution in [3.05, 3.63) is 65.6 Å². The zero-order valence-electron chi connectivity index (χ0n) is 13.7. The number of amides is 1. The van der Waals surface area contributed by atoms with E-state index in [2.05, 4.69) is 16.0 Å². The second-order valence-corrected chi connectivity index (χ2v) is 5.91. The van der Waals surface area contributed by atoms with Crippen molar-refractivity contribution in [3.63, 3.8) is 0 Å². The third kappa shape index (κ3) is 2.97. The minimum absolute atomic E-state index is 0.0241. The highest BCUT2D eigenvalue weighted by molar-refractivity contribution is 5.90. The van der Waals surface area contributed by atoms with Gasteiger partial charge in [-0.1, -0.05) is 18.2 Å². The second kappa shape index (κ2) is 6.24. The number of benzene rings is 1. The molecular formula is C19H21N3O. The lowest BCUT2D eigenvalue weighted by atomic mass is 10.1. The Hall–Kier alpha value is -2.62. The summed E-state index contributed by atoms with van der Waals surface area (Å²) >= 11 is 0. The molecule has 3 aromatic rings. The van der Waals surface area contributed by atoms with Crippen molar-refractivity contribution < 1.29 is 4.79 Å². The summed E-state index contributed by atoms with van der Waals surface area (Å²) in [5.74, 6) is 0.113. The predicted molar refractivity (Wildman–Crippen MR) is 92.2 cm³/mol. The number of para-hydroxylation sites is 1. The number of hydrogen-bond donors (Lipinski definition) is 1. The molecule has 1 atom stereocenters. The van der Waals surface area contributed by atoms with Gasteiger partial charge in [-0.25, -0.2) is 0 Å². The average molecular weight is 307 g/mol. The van der Waals surface area contributed by atoms with Gasteiger partial charge in [0.25, 0.3) is 0 Å². The molecule has 4 nitrogen and oxygen atoms in total. The molecule has 2 heterocycles. The third-order valence-corrected chi connectivity index (χ3v) is 4.52. The summed E-state index contributed by atoms with van der Waals surface area (Å²) in [5, 5.41) is 1.13. The normalized spacial score (nSPS) is 12.3. The minimum Gasteiger partial charge on any atom is -0.358 e.